The van der Waals surface area contributed by atoms with Crippen LogP contribution in [0, 0.1) is 5.92 Å². The molecule has 1 heterocycles. The Kier molecular flexibility index (Phi) is 2.84. The van der Waals surface area contributed by atoms with Crippen molar-refractivity contribution in [1.82, 2.24) is 0 Å². The number of hydrogen-bond donors (Lipinski definition) is 0. The van der Waals surface area contributed by atoms with Gasteiger partial charge in [-0.25, -0.2) is 0 Å². The number of Topliss-reactive ketones (excluding diaryl/α,β-unsaturated/α-hetero) is 2. The van der Waals surface area contributed by atoms with Gasteiger partial charge in [-0.15, -0.1) is 11.3 Å². The summed E-state index contributed by atoms with van der Waals surface area (Å²) in [5.41, 5.74) is 1.38. The highest BCUT2D eigenvalue weighted by molar-refractivity contribution is 7.10. The lowest BCUT2D eigenvalue weighted by atomic mass is 9.82. The first kappa shape index (κ1) is 11.4. The van der Waals surface area contributed by atoms with Crippen LogP contribution in [-0.4, -0.2) is 11.6 Å². The largest absolute Gasteiger partial charge is 0.293 e. The molecule has 2 nitrogen and oxygen atoms in total. The lowest BCUT2D eigenvalue weighted by molar-refractivity contribution is 0.0791. The van der Waals surface area contributed by atoms with Crippen molar-refractivity contribution < 1.29 is 9.59 Å². The minimum atomic E-state index is -0.491. The van der Waals surface area contributed by atoms with E-state index in [0.717, 1.165) is 16.9 Å². The molecule has 0 N–H and O–H groups in total. The molecule has 0 fully saturated rings. The number of carbonyl (C=O) groups excluding carboxylic acids is 2. The molecule has 3 heteroatoms. The van der Waals surface area contributed by atoms with Crippen LogP contribution in [0.15, 0.2) is 41.8 Å². The highest BCUT2D eigenvalue weighted by Crippen LogP contribution is 2.31. The molecule has 18 heavy (non-hydrogen) atoms. The van der Waals surface area contributed by atoms with Gasteiger partial charge >= 0.3 is 0 Å². The molecule has 2 aromatic rings. The van der Waals surface area contributed by atoms with Gasteiger partial charge in [-0.2, -0.15) is 0 Å². The number of carbonyl (C=O) groups is 2. The molecule has 0 saturated heterocycles. The number of thiophene rings is 1. The minimum Gasteiger partial charge on any atom is -0.293 e. The molecule has 1 aromatic heterocycles. The maximum Gasteiger partial charge on any atom is 0.174 e. The van der Waals surface area contributed by atoms with Crippen LogP contribution in [0.4, 0.5) is 0 Å². The highest BCUT2D eigenvalue weighted by Gasteiger charge is 2.33. The van der Waals surface area contributed by atoms with Crippen molar-refractivity contribution in [2.24, 2.45) is 5.92 Å². The Morgan fingerprint density at radius 2 is 1.94 bits per heavy atom. The Bertz CT molecular complexity index is 598. The fourth-order valence-corrected chi connectivity index (χ4v) is 3.30. The van der Waals surface area contributed by atoms with E-state index in [-0.39, 0.29) is 11.6 Å². The van der Waals surface area contributed by atoms with Crippen LogP contribution in [0.3, 0.4) is 0 Å². The van der Waals surface area contributed by atoms with Crippen LogP contribution < -0.4 is 0 Å². The van der Waals surface area contributed by atoms with E-state index < -0.39 is 5.92 Å². The fourth-order valence-electron chi connectivity index (χ4n) is 2.40. The summed E-state index contributed by atoms with van der Waals surface area (Å²) in [7, 11) is 0. The third-order valence-electron chi connectivity index (χ3n) is 3.36. The van der Waals surface area contributed by atoms with Gasteiger partial charge in [0.05, 0.1) is 5.92 Å². The van der Waals surface area contributed by atoms with E-state index in [4.69, 9.17) is 0 Å². The Labute approximate surface area is 109 Å². The van der Waals surface area contributed by atoms with Gasteiger partial charge < -0.3 is 0 Å². The van der Waals surface area contributed by atoms with Crippen LogP contribution in [0.2, 0.25) is 0 Å². The zero-order valence-corrected chi connectivity index (χ0v) is 10.6. The Morgan fingerprint density at radius 3 is 2.72 bits per heavy atom. The molecule has 1 aromatic carbocycles. The van der Waals surface area contributed by atoms with Crippen molar-refractivity contribution in [3.8, 4) is 0 Å². The minimum absolute atomic E-state index is 0.00801. The zero-order chi connectivity index (χ0) is 12.5. The van der Waals surface area contributed by atoms with E-state index in [2.05, 4.69) is 0 Å². The molecule has 0 aliphatic heterocycles. The number of aryl methyl sites for hydroxylation is 1. The van der Waals surface area contributed by atoms with Gasteiger partial charge in [-0.05, 0) is 24.3 Å². The van der Waals surface area contributed by atoms with Crippen molar-refractivity contribution in [3.05, 3.63) is 57.8 Å². The molecule has 0 bridgehead atoms. The summed E-state index contributed by atoms with van der Waals surface area (Å²) in [5, 5.41) is 1.93. The molecule has 90 valence electrons. The average Bonchev–Trinajstić information content (AvgIpc) is 2.89. The van der Waals surface area contributed by atoms with Crippen molar-refractivity contribution >= 4 is 22.9 Å². The predicted molar refractivity (Wildman–Crippen MR) is 71.2 cm³/mol. The molecule has 0 radical (unpaired) electrons. The van der Waals surface area contributed by atoms with E-state index in [1.54, 1.807) is 23.5 Å². The quantitative estimate of drug-likeness (QED) is 0.609. The maximum absolute atomic E-state index is 12.3. The predicted octanol–water partition coefficient (Wildman–Crippen LogP) is 3.38. The summed E-state index contributed by atoms with van der Waals surface area (Å²) in [6.45, 7) is 0. The van der Waals surface area contributed by atoms with Crippen LogP contribution in [0.1, 0.15) is 32.0 Å². The normalized spacial score (nSPS) is 18.4. The summed E-state index contributed by atoms with van der Waals surface area (Å²) in [6, 6.07) is 10.9. The summed E-state index contributed by atoms with van der Waals surface area (Å²) < 4.78 is 0. The number of benzene rings is 1. The van der Waals surface area contributed by atoms with E-state index in [1.807, 2.05) is 29.6 Å². The Balaban J connectivity index is 1.92. The van der Waals surface area contributed by atoms with E-state index >= 15 is 0 Å². The fraction of sp³-hybridized carbons (Fsp3) is 0.200. The number of ketones is 2. The van der Waals surface area contributed by atoms with E-state index in [9.17, 15) is 9.59 Å². The SMILES string of the molecule is O=C(c1ccccc1)C1CCc2sccc2C1=O. The molecule has 1 unspecified atom stereocenters. The first-order chi connectivity index (χ1) is 8.77. The molecule has 1 aliphatic rings. The molecule has 0 spiro atoms. The second-order valence-corrected chi connectivity index (χ2v) is 5.44. The monoisotopic (exact) mass is 256 g/mol. The average molecular weight is 256 g/mol. The summed E-state index contributed by atoms with van der Waals surface area (Å²) in [6.07, 6.45) is 1.47. The molecule has 3 rings (SSSR count). The first-order valence-corrected chi connectivity index (χ1v) is 6.85. The van der Waals surface area contributed by atoms with Crippen LogP contribution in [0.25, 0.3) is 0 Å². The highest BCUT2D eigenvalue weighted by atomic mass is 32.1. The number of rotatable bonds is 2. The molecular weight excluding hydrogens is 244 g/mol. The Hall–Kier alpha value is -1.74. The van der Waals surface area contributed by atoms with Gasteiger partial charge in [0.25, 0.3) is 0 Å². The van der Waals surface area contributed by atoms with Gasteiger partial charge in [-0.3, -0.25) is 9.59 Å². The van der Waals surface area contributed by atoms with Crippen molar-refractivity contribution in [2.75, 3.05) is 0 Å². The second-order valence-electron chi connectivity index (χ2n) is 4.44. The molecule has 0 saturated carbocycles. The molecule has 0 amide bonds. The van der Waals surface area contributed by atoms with Crippen molar-refractivity contribution in [2.45, 2.75) is 12.8 Å². The summed E-state index contributed by atoms with van der Waals surface area (Å²) in [4.78, 5) is 25.7. The Morgan fingerprint density at radius 1 is 1.17 bits per heavy atom. The van der Waals surface area contributed by atoms with Gasteiger partial charge in [0.15, 0.2) is 11.6 Å². The van der Waals surface area contributed by atoms with Gasteiger partial charge in [-0.1, -0.05) is 30.3 Å². The molecular formula is C15H12O2S. The van der Waals surface area contributed by atoms with E-state index in [0.29, 0.717) is 12.0 Å². The van der Waals surface area contributed by atoms with Gasteiger partial charge in [0.1, 0.15) is 0 Å². The van der Waals surface area contributed by atoms with Crippen molar-refractivity contribution in [1.29, 1.82) is 0 Å². The standard InChI is InChI=1S/C15H12O2S/c16-14(10-4-2-1-3-5-10)12-6-7-13-11(15(12)17)8-9-18-13/h1-5,8-9,12H,6-7H2. The topological polar surface area (TPSA) is 34.1 Å². The third kappa shape index (κ3) is 1.81. The third-order valence-corrected chi connectivity index (χ3v) is 4.34. The van der Waals surface area contributed by atoms with Gasteiger partial charge in [0.2, 0.25) is 0 Å². The number of fused-ring (bicyclic) bond motifs is 1. The summed E-state index contributed by atoms with van der Waals surface area (Å²) >= 11 is 1.61. The van der Waals surface area contributed by atoms with Crippen LogP contribution in [-0.2, 0) is 6.42 Å². The van der Waals surface area contributed by atoms with E-state index in [1.165, 1.54) is 0 Å². The summed E-state index contributed by atoms with van der Waals surface area (Å²) in [5.74, 6) is -0.543. The van der Waals surface area contributed by atoms with Crippen LogP contribution >= 0.6 is 11.3 Å². The molecule has 1 atom stereocenters. The number of hydrogen-bond acceptors (Lipinski definition) is 3. The first-order valence-electron chi connectivity index (χ1n) is 5.97. The second kappa shape index (κ2) is 4.50. The van der Waals surface area contributed by atoms with Crippen LogP contribution in [0.5, 0.6) is 0 Å². The zero-order valence-electron chi connectivity index (χ0n) is 9.76. The van der Waals surface area contributed by atoms with Crippen molar-refractivity contribution in [3.63, 3.8) is 0 Å². The molecule has 1 aliphatic carbocycles. The smallest absolute Gasteiger partial charge is 0.174 e. The maximum atomic E-state index is 12.3. The lowest BCUT2D eigenvalue weighted by Crippen LogP contribution is -2.28. The van der Waals surface area contributed by atoms with Gasteiger partial charge in [0, 0.05) is 16.0 Å². The lowest BCUT2D eigenvalue weighted by Gasteiger charge is -2.19.